The highest BCUT2D eigenvalue weighted by Gasteiger charge is 2.31. The summed E-state index contributed by atoms with van der Waals surface area (Å²) in [5.74, 6) is 1.08. The Bertz CT molecular complexity index is 325. The van der Waals surface area contributed by atoms with E-state index in [0.29, 0.717) is 11.5 Å². The van der Waals surface area contributed by atoms with E-state index in [4.69, 9.17) is 4.42 Å². The van der Waals surface area contributed by atoms with E-state index >= 15 is 0 Å². The topological polar surface area (TPSA) is 25.2 Å². The standard InChI is InChI=1S/C13H21NO/c1-10-5-8-15-12(10)11(2)14-9-13(3)6-4-7-13/h5,8,11,14H,4,6-7,9H2,1-3H3. The molecule has 0 aromatic carbocycles. The predicted octanol–water partition coefficient (Wildman–Crippen LogP) is 3.43. The Balaban J connectivity index is 1.87. The predicted molar refractivity (Wildman–Crippen MR) is 61.8 cm³/mol. The Morgan fingerprint density at radius 3 is 2.73 bits per heavy atom. The van der Waals surface area contributed by atoms with E-state index in [0.717, 1.165) is 12.3 Å². The van der Waals surface area contributed by atoms with Crippen LogP contribution in [-0.4, -0.2) is 6.54 Å². The molecule has 0 aliphatic heterocycles. The van der Waals surface area contributed by atoms with E-state index in [1.165, 1.54) is 24.8 Å². The van der Waals surface area contributed by atoms with Gasteiger partial charge in [0, 0.05) is 6.54 Å². The van der Waals surface area contributed by atoms with Gasteiger partial charge in [0.2, 0.25) is 0 Å². The maximum atomic E-state index is 5.48. The van der Waals surface area contributed by atoms with Crippen LogP contribution in [0.5, 0.6) is 0 Å². The molecule has 84 valence electrons. The first-order valence-corrected chi connectivity index (χ1v) is 5.88. The largest absolute Gasteiger partial charge is 0.467 e. The Morgan fingerprint density at radius 2 is 2.27 bits per heavy atom. The van der Waals surface area contributed by atoms with Crippen molar-refractivity contribution in [1.29, 1.82) is 0 Å². The average molecular weight is 207 g/mol. The molecule has 1 heterocycles. The molecule has 0 amide bonds. The number of hydrogen-bond acceptors (Lipinski definition) is 2. The molecule has 0 radical (unpaired) electrons. The minimum atomic E-state index is 0.331. The monoisotopic (exact) mass is 207 g/mol. The lowest BCUT2D eigenvalue weighted by Crippen LogP contribution is -2.38. The number of aryl methyl sites for hydroxylation is 1. The van der Waals surface area contributed by atoms with Crippen molar-refractivity contribution in [1.82, 2.24) is 5.32 Å². The van der Waals surface area contributed by atoms with Crippen molar-refractivity contribution in [2.45, 2.75) is 46.1 Å². The van der Waals surface area contributed by atoms with Crippen LogP contribution >= 0.6 is 0 Å². The van der Waals surface area contributed by atoms with Gasteiger partial charge in [0.25, 0.3) is 0 Å². The Kier molecular flexibility index (Phi) is 2.87. The van der Waals surface area contributed by atoms with Crippen LogP contribution in [0, 0.1) is 12.3 Å². The molecule has 2 rings (SSSR count). The number of nitrogens with one attached hydrogen (secondary N) is 1. The van der Waals surface area contributed by atoms with E-state index < -0.39 is 0 Å². The molecule has 1 aromatic heterocycles. The van der Waals surface area contributed by atoms with Crippen LogP contribution in [0.3, 0.4) is 0 Å². The normalized spacial score (nSPS) is 21.0. The van der Waals surface area contributed by atoms with Crippen LogP contribution in [0.15, 0.2) is 16.7 Å². The molecule has 0 spiro atoms. The molecule has 1 unspecified atom stereocenters. The fraction of sp³-hybridized carbons (Fsp3) is 0.692. The van der Waals surface area contributed by atoms with Gasteiger partial charge in [-0.05, 0) is 43.7 Å². The quantitative estimate of drug-likeness (QED) is 0.818. The zero-order valence-corrected chi connectivity index (χ0v) is 9.97. The second-order valence-corrected chi connectivity index (χ2v) is 5.23. The van der Waals surface area contributed by atoms with Crippen molar-refractivity contribution in [2.75, 3.05) is 6.54 Å². The van der Waals surface area contributed by atoms with Gasteiger partial charge in [-0.3, -0.25) is 0 Å². The lowest BCUT2D eigenvalue weighted by molar-refractivity contribution is 0.150. The summed E-state index contributed by atoms with van der Waals surface area (Å²) in [7, 11) is 0. The van der Waals surface area contributed by atoms with Gasteiger partial charge in [0.05, 0.1) is 12.3 Å². The summed E-state index contributed by atoms with van der Waals surface area (Å²) in [6.07, 6.45) is 5.90. The molecule has 1 N–H and O–H groups in total. The van der Waals surface area contributed by atoms with Crippen LogP contribution in [-0.2, 0) is 0 Å². The second kappa shape index (κ2) is 4.01. The van der Waals surface area contributed by atoms with E-state index in [1.807, 2.05) is 6.07 Å². The molecular weight excluding hydrogens is 186 g/mol. The van der Waals surface area contributed by atoms with E-state index in [-0.39, 0.29) is 0 Å². The first kappa shape index (κ1) is 10.7. The van der Waals surface area contributed by atoms with Gasteiger partial charge in [-0.25, -0.2) is 0 Å². The zero-order valence-electron chi connectivity index (χ0n) is 9.97. The van der Waals surface area contributed by atoms with Gasteiger partial charge >= 0.3 is 0 Å². The Morgan fingerprint density at radius 1 is 1.53 bits per heavy atom. The molecule has 1 saturated carbocycles. The van der Waals surface area contributed by atoms with Crippen LogP contribution in [0.1, 0.15) is 50.5 Å². The van der Waals surface area contributed by atoms with Crippen molar-refractivity contribution < 1.29 is 4.42 Å². The van der Waals surface area contributed by atoms with Crippen LogP contribution in [0.25, 0.3) is 0 Å². The minimum Gasteiger partial charge on any atom is -0.467 e. The van der Waals surface area contributed by atoms with Gasteiger partial charge in [0.15, 0.2) is 0 Å². The number of hydrogen-bond donors (Lipinski definition) is 1. The molecule has 1 atom stereocenters. The molecule has 1 aromatic rings. The fourth-order valence-corrected chi connectivity index (χ4v) is 2.28. The van der Waals surface area contributed by atoms with Crippen LogP contribution in [0.2, 0.25) is 0 Å². The lowest BCUT2D eigenvalue weighted by Gasteiger charge is -2.39. The van der Waals surface area contributed by atoms with Gasteiger partial charge in [-0.15, -0.1) is 0 Å². The molecule has 1 aliphatic carbocycles. The lowest BCUT2D eigenvalue weighted by atomic mass is 9.70. The first-order chi connectivity index (χ1) is 7.11. The third kappa shape index (κ3) is 2.25. The highest BCUT2D eigenvalue weighted by molar-refractivity contribution is 5.17. The molecule has 2 nitrogen and oxygen atoms in total. The smallest absolute Gasteiger partial charge is 0.123 e. The van der Waals surface area contributed by atoms with Gasteiger partial charge < -0.3 is 9.73 Å². The molecule has 1 aliphatic rings. The Labute approximate surface area is 92.1 Å². The molecular formula is C13H21NO. The van der Waals surface area contributed by atoms with E-state index in [1.54, 1.807) is 6.26 Å². The highest BCUT2D eigenvalue weighted by Crippen LogP contribution is 2.39. The summed E-state index contributed by atoms with van der Waals surface area (Å²) < 4.78 is 5.48. The fourth-order valence-electron chi connectivity index (χ4n) is 2.28. The van der Waals surface area contributed by atoms with Crippen LogP contribution in [0.4, 0.5) is 0 Å². The van der Waals surface area contributed by atoms with E-state index in [2.05, 4.69) is 26.1 Å². The number of furan rings is 1. The average Bonchev–Trinajstić information content (AvgIpc) is 2.58. The van der Waals surface area contributed by atoms with Crippen molar-refractivity contribution in [3.8, 4) is 0 Å². The summed E-state index contributed by atoms with van der Waals surface area (Å²) in [4.78, 5) is 0. The molecule has 0 saturated heterocycles. The second-order valence-electron chi connectivity index (χ2n) is 5.23. The summed E-state index contributed by atoms with van der Waals surface area (Å²) >= 11 is 0. The molecule has 0 bridgehead atoms. The highest BCUT2D eigenvalue weighted by atomic mass is 16.3. The van der Waals surface area contributed by atoms with Gasteiger partial charge in [0.1, 0.15) is 5.76 Å². The van der Waals surface area contributed by atoms with Crippen molar-refractivity contribution in [3.05, 3.63) is 23.7 Å². The first-order valence-electron chi connectivity index (χ1n) is 5.88. The summed E-state index contributed by atoms with van der Waals surface area (Å²) in [6, 6.07) is 2.36. The number of rotatable bonds is 4. The zero-order chi connectivity index (χ0) is 10.9. The molecule has 15 heavy (non-hydrogen) atoms. The van der Waals surface area contributed by atoms with Crippen molar-refractivity contribution in [3.63, 3.8) is 0 Å². The third-order valence-corrected chi connectivity index (χ3v) is 3.69. The Hall–Kier alpha value is -0.760. The maximum Gasteiger partial charge on any atom is 0.123 e. The van der Waals surface area contributed by atoms with Crippen LogP contribution < -0.4 is 5.32 Å². The maximum absolute atomic E-state index is 5.48. The third-order valence-electron chi connectivity index (χ3n) is 3.69. The van der Waals surface area contributed by atoms with Crippen molar-refractivity contribution in [2.24, 2.45) is 5.41 Å². The van der Waals surface area contributed by atoms with E-state index in [9.17, 15) is 0 Å². The summed E-state index contributed by atoms with van der Waals surface area (Å²) in [5, 5.41) is 3.57. The molecule has 1 fully saturated rings. The van der Waals surface area contributed by atoms with Gasteiger partial charge in [-0.1, -0.05) is 13.3 Å². The van der Waals surface area contributed by atoms with Gasteiger partial charge in [-0.2, -0.15) is 0 Å². The molecule has 2 heteroatoms. The summed E-state index contributed by atoms with van der Waals surface area (Å²) in [6.45, 7) is 7.75. The summed E-state index contributed by atoms with van der Waals surface area (Å²) in [5.41, 5.74) is 1.78. The SMILES string of the molecule is Cc1ccoc1C(C)NCC1(C)CCC1. The van der Waals surface area contributed by atoms with Crippen molar-refractivity contribution >= 4 is 0 Å². The minimum absolute atomic E-state index is 0.331.